The van der Waals surface area contributed by atoms with Gasteiger partial charge in [-0.2, -0.15) is 0 Å². The first-order chi connectivity index (χ1) is 8.98. The molecule has 1 aliphatic heterocycles. The molecule has 1 heterocycles. The molecule has 100 valence electrons. The smallest absolute Gasteiger partial charge is 0.323 e. The predicted molar refractivity (Wildman–Crippen MR) is 71.0 cm³/mol. The molecule has 1 aromatic carbocycles. The first kappa shape index (κ1) is 13.3. The van der Waals surface area contributed by atoms with Gasteiger partial charge in [0.15, 0.2) is 0 Å². The minimum Gasteiger partial charge on any atom is -0.480 e. The van der Waals surface area contributed by atoms with E-state index in [4.69, 9.17) is 5.11 Å². The van der Waals surface area contributed by atoms with Crippen molar-refractivity contribution in [3.63, 3.8) is 0 Å². The average molecular weight is 260 g/mol. The van der Waals surface area contributed by atoms with Crippen molar-refractivity contribution in [1.82, 2.24) is 4.90 Å². The maximum atomic E-state index is 12.3. The SMILES string of the molecule is CC[C@]1(C)N=C(c2ccccc2)C(=O)N1CC(=O)O. The van der Waals surface area contributed by atoms with E-state index >= 15 is 0 Å². The number of aliphatic imine (C=N–C) groups is 1. The lowest BCUT2D eigenvalue weighted by Gasteiger charge is -2.30. The Balaban J connectivity index is 2.40. The number of rotatable bonds is 4. The van der Waals surface area contributed by atoms with Gasteiger partial charge in [-0.15, -0.1) is 0 Å². The fourth-order valence-corrected chi connectivity index (χ4v) is 2.13. The van der Waals surface area contributed by atoms with E-state index in [0.717, 1.165) is 5.56 Å². The van der Waals surface area contributed by atoms with Gasteiger partial charge in [0, 0.05) is 5.56 Å². The summed E-state index contributed by atoms with van der Waals surface area (Å²) in [5.74, 6) is -1.35. The van der Waals surface area contributed by atoms with Crippen LogP contribution in [-0.2, 0) is 9.59 Å². The van der Waals surface area contributed by atoms with Crippen LogP contribution in [0.4, 0.5) is 0 Å². The summed E-state index contributed by atoms with van der Waals surface area (Å²) in [6.07, 6.45) is 0.572. The summed E-state index contributed by atoms with van der Waals surface area (Å²) < 4.78 is 0. The highest BCUT2D eigenvalue weighted by Crippen LogP contribution is 2.29. The van der Waals surface area contributed by atoms with Gasteiger partial charge in [0.25, 0.3) is 5.91 Å². The predicted octanol–water partition coefficient (Wildman–Crippen LogP) is 1.53. The molecule has 0 unspecified atom stereocenters. The van der Waals surface area contributed by atoms with Gasteiger partial charge in [0.2, 0.25) is 0 Å². The van der Waals surface area contributed by atoms with E-state index in [1.54, 1.807) is 19.1 Å². The summed E-state index contributed by atoms with van der Waals surface area (Å²) in [7, 11) is 0. The van der Waals surface area contributed by atoms with Crippen LogP contribution in [0.1, 0.15) is 25.8 Å². The molecular weight excluding hydrogens is 244 g/mol. The molecule has 1 amide bonds. The molecule has 19 heavy (non-hydrogen) atoms. The molecule has 0 fully saturated rings. The highest BCUT2D eigenvalue weighted by molar-refractivity contribution is 6.46. The molecule has 0 spiro atoms. The van der Waals surface area contributed by atoms with E-state index in [9.17, 15) is 9.59 Å². The summed E-state index contributed by atoms with van der Waals surface area (Å²) in [6, 6.07) is 9.12. The van der Waals surface area contributed by atoms with Crippen molar-refractivity contribution in [3.8, 4) is 0 Å². The molecule has 0 aromatic heterocycles. The monoisotopic (exact) mass is 260 g/mol. The van der Waals surface area contributed by atoms with Crippen molar-refractivity contribution in [2.45, 2.75) is 25.9 Å². The van der Waals surface area contributed by atoms with Crippen molar-refractivity contribution in [2.75, 3.05) is 6.54 Å². The molecule has 0 saturated carbocycles. The van der Waals surface area contributed by atoms with Crippen LogP contribution in [0, 0.1) is 0 Å². The standard InChI is InChI=1S/C14H16N2O3/c1-3-14(2)15-12(10-7-5-4-6-8-10)13(19)16(14)9-11(17)18/h4-8H,3,9H2,1-2H3,(H,17,18)/t14-/m1/s1. The summed E-state index contributed by atoms with van der Waals surface area (Å²) in [5.41, 5.74) is 0.284. The number of benzene rings is 1. The Kier molecular flexibility index (Phi) is 3.38. The Labute approximate surface area is 111 Å². The van der Waals surface area contributed by atoms with Gasteiger partial charge in [-0.1, -0.05) is 37.3 Å². The Morgan fingerprint density at radius 2 is 2.00 bits per heavy atom. The number of carbonyl (C=O) groups is 2. The van der Waals surface area contributed by atoms with Crippen molar-refractivity contribution < 1.29 is 14.7 Å². The van der Waals surface area contributed by atoms with Gasteiger partial charge in [-0.25, -0.2) is 0 Å². The lowest BCUT2D eigenvalue weighted by atomic mass is 10.1. The minimum atomic E-state index is -1.03. The molecule has 1 aliphatic rings. The molecule has 0 aliphatic carbocycles. The van der Waals surface area contributed by atoms with E-state index in [1.807, 2.05) is 25.1 Å². The highest BCUT2D eigenvalue weighted by Gasteiger charge is 2.43. The Bertz CT molecular complexity index is 539. The van der Waals surface area contributed by atoms with Gasteiger partial charge in [0.05, 0.1) is 0 Å². The van der Waals surface area contributed by atoms with Crippen molar-refractivity contribution >= 4 is 17.6 Å². The normalized spacial score (nSPS) is 22.5. The number of hydrogen-bond donors (Lipinski definition) is 1. The number of nitrogens with zero attached hydrogens (tertiary/aromatic N) is 2. The topological polar surface area (TPSA) is 70.0 Å². The van der Waals surface area contributed by atoms with Crippen LogP contribution in [0.3, 0.4) is 0 Å². The Morgan fingerprint density at radius 3 is 2.53 bits per heavy atom. The fourth-order valence-electron chi connectivity index (χ4n) is 2.13. The quantitative estimate of drug-likeness (QED) is 0.892. The zero-order valence-electron chi connectivity index (χ0n) is 11.0. The molecule has 1 atom stereocenters. The van der Waals surface area contributed by atoms with E-state index < -0.39 is 11.6 Å². The van der Waals surface area contributed by atoms with Crippen LogP contribution < -0.4 is 0 Å². The van der Waals surface area contributed by atoms with Gasteiger partial charge < -0.3 is 10.0 Å². The Hall–Kier alpha value is -2.17. The summed E-state index contributed by atoms with van der Waals surface area (Å²) >= 11 is 0. The third kappa shape index (κ3) is 2.36. The molecule has 1 aromatic rings. The zero-order valence-corrected chi connectivity index (χ0v) is 11.0. The average Bonchev–Trinajstić information content (AvgIpc) is 2.65. The third-order valence-electron chi connectivity index (χ3n) is 3.39. The van der Waals surface area contributed by atoms with E-state index in [1.165, 1.54) is 4.90 Å². The number of carboxylic acids is 1. The second-order valence-corrected chi connectivity index (χ2v) is 4.68. The van der Waals surface area contributed by atoms with Crippen molar-refractivity contribution in [3.05, 3.63) is 35.9 Å². The number of carbonyl (C=O) groups excluding carboxylic acids is 1. The first-order valence-corrected chi connectivity index (χ1v) is 6.17. The Morgan fingerprint density at radius 1 is 1.37 bits per heavy atom. The van der Waals surface area contributed by atoms with Crippen LogP contribution in [-0.4, -0.2) is 39.8 Å². The van der Waals surface area contributed by atoms with Crippen LogP contribution in [0.15, 0.2) is 35.3 Å². The second-order valence-electron chi connectivity index (χ2n) is 4.68. The molecule has 0 saturated heterocycles. The molecule has 2 rings (SSSR count). The van der Waals surface area contributed by atoms with Gasteiger partial charge in [-0.05, 0) is 13.3 Å². The lowest BCUT2D eigenvalue weighted by molar-refractivity contribution is -0.144. The summed E-state index contributed by atoms with van der Waals surface area (Å²) in [5, 5.41) is 8.93. The van der Waals surface area contributed by atoms with Crippen LogP contribution in [0.2, 0.25) is 0 Å². The number of carboxylic acid groups (broad SMARTS) is 1. The molecule has 5 nitrogen and oxygen atoms in total. The summed E-state index contributed by atoms with van der Waals surface area (Å²) in [6.45, 7) is 3.34. The maximum absolute atomic E-state index is 12.3. The molecule has 0 radical (unpaired) electrons. The van der Waals surface area contributed by atoms with Crippen LogP contribution in [0.5, 0.6) is 0 Å². The van der Waals surface area contributed by atoms with Crippen LogP contribution >= 0.6 is 0 Å². The van der Waals surface area contributed by atoms with Gasteiger partial charge in [0.1, 0.15) is 17.9 Å². The lowest BCUT2D eigenvalue weighted by Crippen LogP contribution is -2.47. The largest absolute Gasteiger partial charge is 0.480 e. The van der Waals surface area contributed by atoms with Gasteiger partial charge in [-0.3, -0.25) is 14.6 Å². The maximum Gasteiger partial charge on any atom is 0.323 e. The van der Waals surface area contributed by atoms with E-state index in [-0.39, 0.29) is 12.5 Å². The molecule has 0 bridgehead atoms. The second kappa shape index (κ2) is 4.84. The van der Waals surface area contributed by atoms with Crippen molar-refractivity contribution in [2.24, 2.45) is 4.99 Å². The van der Waals surface area contributed by atoms with E-state index in [2.05, 4.69) is 4.99 Å². The highest BCUT2D eigenvalue weighted by atomic mass is 16.4. The molecular formula is C14H16N2O3. The minimum absolute atomic E-state index is 0.321. The van der Waals surface area contributed by atoms with Gasteiger partial charge >= 0.3 is 5.97 Å². The zero-order chi connectivity index (χ0) is 14.0. The van der Waals surface area contributed by atoms with Crippen LogP contribution in [0.25, 0.3) is 0 Å². The van der Waals surface area contributed by atoms with Crippen molar-refractivity contribution in [1.29, 1.82) is 0 Å². The summed E-state index contributed by atoms with van der Waals surface area (Å²) in [4.78, 5) is 29.0. The first-order valence-electron chi connectivity index (χ1n) is 6.17. The number of amides is 1. The molecule has 5 heteroatoms. The number of aliphatic carboxylic acids is 1. The number of hydrogen-bond acceptors (Lipinski definition) is 3. The molecule has 1 N–H and O–H groups in total. The fraction of sp³-hybridized carbons (Fsp3) is 0.357. The third-order valence-corrected chi connectivity index (χ3v) is 3.39. The van der Waals surface area contributed by atoms with E-state index in [0.29, 0.717) is 12.1 Å².